The second-order valence-corrected chi connectivity index (χ2v) is 9.23. The van der Waals surface area contributed by atoms with Crippen molar-refractivity contribution in [2.75, 3.05) is 0 Å². The summed E-state index contributed by atoms with van der Waals surface area (Å²) in [4.78, 5) is 32.5. The Bertz CT molecular complexity index is 1670. The van der Waals surface area contributed by atoms with Gasteiger partial charge in [0.2, 0.25) is 5.78 Å². The summed E-state index contributed by atoms with van der Waals surface area (Å²) in [5, 5.41) is 5.06. The number of nitrogens with zero attached hydrogens (tertiary/aromatic N) is 3. The van der Waals surface area contributed by atoms with Crippen LogP contribution in [0.15, 0.2) is 115 Å². The Morgan fingerprint density at radius 3 is 1.97 bits per heavy atom. The number of carbonyl (C=O) groups is 2. The highest BCUT2D eigenvalue weighted by molar-refractivity contribution is 7.20. The Labute approximate surface area is 211 Å². The maximum absolute atomic E-state index is 14.0. The number of rotatable bonds is 6. The molecule has 0 bridgehead atoms. The summed E-state index contributed by atoms with van der Waals surface area (Å²) in [6, 6.07) is 35.7. The fourth-order valence-electron chi connectivity index (χ4n) is 4.22. The van der Waals surface area contributed by atoms with E-state index in [2.05, 4.69) is 4.98 Å². The molecule has 0 aliphatic carbocycles. The molecule has 2 heterocycles. The quantitative estimate of drug-likeness (QED) is 0.249. The SMILES string of the molecule is O=C(c1nc2ccccc2s1)c1nn(-c2ccccc2)c(-c2ccccc2)c1C(=O)c1ccccc1. The molecule has 36 heavy (non-hydrogen) atoms. The summed E-state index contributed by atoms with van der Waals surface area (Å²) in [5.41, 5.74) is 3.69. The van der Waals surface area contributed by atoms with E-state index in [0.29, 0.717) is 16.3 Å². The number of ketones is 2. The van der Waals surface area contributed by atoms with Gasteiger partial charge in [0.1, 0.15) is 5.69 Å². The number of benzene rings is 4. The number of fused-ring (bicyclic) bond motifs is 1. The van der Waals surface area contributed by atoms with Crippen molar-refractivity contribution in [3.05, 3.63) is 137 Å². The minimum Gasteiger partial charge on any atom is -0.288 e. The third-order valence-corrected chi connectivity index (χ3v) is 6.93. The van der Waals surface area contributed by atoms with Gasteiger partial charge in [0.05, 0.1) is 27.2 Å². The fourth-order valence-corrected chi connectivity index (χ4v) is 5.12. The highest BCUT2D eigenvalue weighted by Gasteiger charge is 2.31. The van der Waals surface area contributed by atoms with E-state index in [1.54, 1.807) is 16.8 Å². The zero-order chi connectivity index (χ0) is 24.5. The lowest BCUT2D eigenvalue weighted by atomic mass is 9.96. The van der Waals surface area contributed by atoms with Crippen molar-refractivity contribution >= 4 is 33.1 Å². The molecule has 6 heteroatoms. The molecule has 0 fully saturated rings. The minimum absolute atomic E-state index is 0.0885. The molecular formula is C30H19N3O2S. The van der Waals surface area contributed by atoms with Gasteiger partial charge in [0, 0.05) is 11.1 Å². The van der Waals surface area contributed by atoms with Crippen molar-refractivity contribution in [1.82, 2.24) is 14.8 Å². The number of thiazole rings is 1. The molecule has 0 N–H and O–H groups in total. The summed E-state index contributed by atoms with van der Waals surface area (Å²) in [7, 11) is 0. The third kappa shape index (κ3) is 3.83. The Hall–Kier alpha value is -4.68. The molecule has 0 atom stereocenters. The Balaban J connectivity index is 1.64. The molecule has 0 saturated carbocycles. The normalized spacial score (nSPS) is 11.0. The molecule has 6 rings (SSSR count). The lowest BCUT2D eigenvalue weighted by Gasteiger charge is -2.10. The average molecular weight is 486 g/mol. The van der Waals surface area contributed by atoms with Crippen LogP contribution in [0, 0.1) is 0 Å². The van der Waals surface area contributed by atoms with Crippen molar-refractivity contribution in [1.29, 1.82) is 0 Å². The molecule has 0 aliphatic rings. The van der Waals surface area contributed by atoms with Crippen LogP contribution in [0.2, 0.25) is 0 Å². The highest BCUT2D eigenvalue weighted by Crippen LogP contribution is 2.33. The van der Waals surface area contributed by atoms with Crippen LogP contribution in [0.4, 0.5) is 0 Å². The lowest BCUT2D eigenvalue weighted by molar-refractivity contribution is 0.100. The van der Waals surface area contributed by atoms with Gasteiger partial charge in [-0.2, -0.15) is 5.10 Å². The molecule has 5 nitrogen and oxygen atoms in total. The lowest BCUT2D eigenvalue weighted by Crippen LogP contribution is -2.11. The minimum atomic E-state index is -0.373. The number of carbonyl (C=O) groups excluding carboxylic acids is 2. The molecule has 0 unspecified atom stereocenters. The first-order valence-corrected chi connectivity index (χ1v) is 12.3. The first-order chi connectivity index (χ1) is 17.7. The molecular weight excluding hydrogens is 466 g/mol. The molecule has 0 spiro atoms. The molecule has 6 aromatic rings. The third-order valence-electron chi connectivity index (χ3n) is 5.90. The Morgan fingerprint density at radius 2 is 1.28 bits per heavy atom. The van der Waals surface area contributed by atoms with E-state index in [1.165, 1.54) is 11.3 Å². The van der Waals surface area contributed by atoms with Crippen LogP contribution in [0.5, 0.6) is 0 Å². The van der Waals surface area contributed by atoms with Gasteiger partial charge in [-0.3, -0.25) is 9.59 Å². The highest BCUT2D eigenvalue weighted by atomic mass is 32.1. The van der Waals surface area contributed by atoms with Crippen LogP contribution in [-0.4, -0.2) is 26.3 Å². The van der Waals surface area contributed by atoms with E-state index in [9.17, 15) is 9.59 Å². The number of hydrogen-bond acceptors (Lipinski definition) is 5. The van der Waals surface area contributed by atoms with Crippen molar-refractivity contribution in [3.63, 3.8) is 0 Å². The van der Waals surface area contributed by atoms with Crippen molar-refractivity contribution in [2.45, 2.75) is 0 Å². The second kappa shape index (κ2) is 9.17. The predicted octanol–water partition coefficient (Wildman–Crippen LogP) is 6.61. The van der Waals surface area contributed by atoms with Gasteiger partial charge < -0.3 is 0 Å². The van der Waals surface area contributed by atoms with Gasteiger partial charge in [0.25, 0.3) is 0 Å². The van der Waals surface area contributed by atoms with Crippen LogP contribution in [0.1, 0.15) is 31.4 Å². The zero-order valence-electron chi connectivity index (χ0n) is 19.0. The van der Waals surface area contributed by atoms with Gasteiger partial charge in [-0.25, -0.2) is 9.67 Å². The van der Waals surface area contributed by atoms with Gasteiger partial charge in [-0.05, 0) is 24.3 Å². The number of aromatic nitrogens is 3. The molecule has 0 amide bonds. The summed E-state index contributed by atoms with van der Waals surface area (Å²) in [6.07, 6.45) is 0. The monoisotopic (exact) mass is 485 g/mol. The van der Waals surface area contributed by atoms with E-state index in [0.717, 1.165) is 21.5 Å². The average Bonchev–Trinajstić information content (AvgIpc) is 3.56. The molecule has 0 saturated heterocycles. The van der Waals surface area contributed by atoms with Gasteiger partial charge >= 0.3 is 0 Å². The molecule has 172 valence electrons. The van der Waals surface area contributed by atoms with Crippen LogP contribution >= 0.6 is 11.3 Å². The standard InChI is InChI=1S/C30H19N3O2S/c34-28(21-14-6-2-7-15-21)25-26(29(35)30-31-23-18-10-11-19-24(23)36-30)32-33(22-16-8-3-9-17-22)27(25)20-12-4-1-5-13-20/h1-19H. The van der Waals surface area contributed by atoms with Gasteiger partial charge in [-0.1, -0.05) is 91.0 Å². The van der Waals surface area contributed by atoms with Crippen LogP contribution in [0.3, 0.4) is 0 Å². The predicted molar refractivity (Wildman–Crippen MR) is 142 cm³/mol. The smallest absolute Gasteiger partial charge is 0.242 e. The fraction of sp³-hybridized carbons (Fsp3) is 0. The largest absolute Gasteiger partial charge is 0.288 e. The topological polar surface area (TPSA) is 64.8 Å². The first kappa shape index (κ1) is 21.8. The van der Waals surface area contributed by atoms with Gasteiger partial charge in [0.15, 0.2) is 10.8 Å². The summed E-state index contributed by atoms with van der Waals surface area (Å²) in [5.74, 6) is -0.636. The Kier molecular flexibility index (Phi) is 5.56. The summed E-state index contributed by atoms with van der Waals surface area (Å²) in [6.45, 7) is 0. The maximum atomic E-state index is 14.0. The molecule has 0 radical (unpaired) electrons. The number of hydrogen-bond donors (Lipinski definition) is 0. The molecule has 2 aromatic heterocycles. The van der Waals surface area contributed by atoms with E-state index in [1.807, 2.05) is 103 Å². The Morgan fingerprint density at radius 1 is 0.667 bits per heavy atom. The van der Waals surface area contributed by atoms with E-state index < -0.39 is 0 Å². The van der Waals surface area contributed by atoms with E-state index in [4.69, 9.17) is 5.10 Å². The second-order valence-electron chi connectivity index (χ2n) is 8.20. The van der Waals surface area contributed by atoms with E-state index >= 15 is 0 Å². The molecule has 4 aromatic carbocycles. The van der Waals surface area contributed by atoms with Crippen molar-refractivity contribution in [3.8, 4) is 16.9 Å². The van der Waals surface area contributed by atoms with Crippen molar-refractivity contribution < 1.29 is 9.59 Å². The zero-order valence-corrected chi connectivity index (χ0v) is 19.9. The first-order valence-electron chi connectivity index (χ1n) is 11.4. The van der Waals surface area contributed by atoms with Crippen LogP contribution in [0.25, 0.3) is 27.2 Å². The summed E-state index contributed by atoms with van der Waals surface area (Å²) < 4.78 is 2.59. The van der Waals surface area contributed by atoms with Crippen LogP contribution in [-0.2, 0) is 0 Å². The van der Waals surface area contributed by atoms with Crippen molar-refractivity contribution in [2.24, 2.45) is 0 Å². The summed E-state index contributed by atoms with van der Waals surface area (Å²) >= 11 is 1.30. The molecule has 0 aliphatic heterocycles. The van der Waals surface area contributed by atoms with Crippen LogP contribution < -0.4 is 0 Å². The number of para-hydroxylation sites is 2. The van der Waals surface area contributed by atoms with Gasteiger partial charge in [-0.15, -0.1) is 11.3 Å². The maximum Gasteiger partial charge on any atom is 0.242 e. The van der Waals surface area contributed by atoms with E-state index in [-0.39, 0.29) is 22.8 Å².